The molecular weight excluding hydrogens is 246 g/mol. The SMILES string of the molecule is COC(=O)C(C)(N)CCSCc1ccccc1C. The zero-order valence-corrected chi connectivity index (χ0v) is 12.0. The number of aryl methyl sites for hydroxylation is 1. The summed E-state index contributed by atoms with van der Waals surface area (Å²) in [5.74, 6) is 1.44. The van der Waals surface area contributed by atoms with Gasteiger partial charge in [-0.3, -0.25) is 4.79 Å². The van der Waals surface area contributed by atoms with E-state index in [0.717, 1.165) is 11.5 Å². The average molecular weight is 267 g/mol. The van der Waals surface area contributed by atoms with Gasteiger partial charge < -0.3 is 10.5 Å². The molecule has 1 unspecified atom stereocenters. The van der Waals surface area contributed by atoms with Crippen LogP contribution < -0.4 is 5.73 Å². The first-order valence-electron chi connectivity index (χ1n) is 5.97. The molecule has 0 amide bonds. The Morgan fingerprint density at radius 1 is 1.44 bits per heavy atom. The van der Waals surface area contributed by atoms with Crippen LogP contribution in [0.15, 0.2) is 24.3 Å². The van der Waals surface area contributed by atoms with Crippen LogP contribution in [-0.4, -0.2) is 24.4 Å². The molecule has 0 radical (unpaired) electrons. The maximum Gasteiger partial charge on any atom is 0.325 e. The molecule has 1 aromatic rings. The van der Waals surface area contributed by atoms with Crippen molar-refractivity contribution in [3.8, 4) is 0 Å². The van der Waals surface area contributed by atoms with Crippen molar-refractivity contribution >= 4 is 17.7 Å². The van der Waals surface area contributed by atoms with Gasteiger partial charge in [0.25, 0.3) is 0 Å². The second-order valence-corrected chi connectivity index (χ2v) is 5.74. The van der Waals surface area contributed by atoms with Crippen molar-refractivity contribution in [1.29, 1.82) is 0 Å². The Morgan fingerprint density at radius 2 is 2.11 bits per heavy atom. The van der Waals surface area contributed by atoms with Gasteiger partial charge in [0.2, 0.25) is 0 Å². The van der Waals surface area contributed by atoms with E-state index in [1.54, 1.807) is 18.7 Å². The summed E-state index contributed by atoms with van der Waals surface area (Å²) in [7, 11) is 1.37. The molecule has 0 bridgehead atoms. The molecule has 0 saturated carbocycles. The topological polar surface area (TPSA) is 52.3 Å². The fraction of sp³-hybridized carbons (Fsp3) is 0.500. The van der Waals surface area contributed by atoms with Crippen LogP contribution in [-0.2, 0) is 15.3 Å². The largest absolute Gasteiger partial charge is 0.468 e. The lowest BCUT2D eigenvalue weighted by Gasteiger charge is -2.20. The molecule has 2 N–H and O–H groups in total. The Balaban J connectivity index is 2.35. The highest BCUT2D eigenvalue weighted by molar-refractivity contribution is 7.98. The maximum atomic E-state index is 11.4. The van der Waals surface area contributed by atoms with E-state index in [1.165, 1.54) is 18.2 Å². The van der Waals surface area contributed by atoms with E-state index in [9.17, 15) is 4.79 Å². The maximum absolute atomic E-state index is 11.4. The van der Waals surface area contributed by atoms with Crippen molar-refractivity contribution in [3.63, 3.8) is 0 Å². The third-order valence-electron chi connectivity index (χ3n) is 2.94. The van der Waals surface area contributed by atoms with Crippen LogP contribution >= 0.6 is 11.8 Å². The molecule has 0 aliphatic rings. The fourth-order valence-corrected chi connectivity index (χ4v) is 2.83. The summed E-state index contributed by atoms with van der Waals surface area (Å²) < 4.78 is 4.68. The van der Waals surface area contributed by atoms with Gasteiger partial charge in [0.15, 0.2) is 0 Å². The highest BCUT2D eigenvalue weighted by atomic mass is 32.2. The Kier molecular flexibility index (Phi) is 5.69. The van der Waals surface area contributed by atoms with Crippen molar-refractivity contribution in [2.24, 2.45) is 5.73 Å². The molecule has 1 atom stereocenters. The van der Waals surface area contributed by atoms with Gasteiger partial charge in [0, 0.05) is 5.75 Å². The van der Waals surface area contributed by atoms with E-state index < -0.39 is 5.54 Å². The van der Waals surface area contributed by atoms with Gasteiger partial charge in [-0.15, -0.1) is 0 Å². The molecule has 1 rings (SSSR count). The molecular formula is C14H21NO2S. The van der Waals surface area contributed by atoms with Gasteiger partial charge in [-0.05, 0) is 37.1 Å². The van der Waals surface area contributed by atoms with Crippen LogP contribution in [0.25, 0.3) is 0 Å². The fourth-order valence-electron chi connectivity index (χ4n) is 1.57. The minimum absolute atomic E-state index is 0.348. The van der Waals surface area contributed by atoms with Gasteiger partial charge >= 0.3 is 5.97 Å². The number of carbonyl (C=O) groups excluding carboxylic acids is 1. The number of esters is 1. The Hall–Kier alpha value is -1.00. The number of carbonyl (C=O) groups is 1. The third-order valence-corrected chi connectivity index (χ3v) is 3.94. The van der Waals surface area contributed by atoms with Gasteiger partial charge in [-0.2, -0.15) is 11.8 Å². The van der Waals surface area contributed by atoms with Crippen LogP contribution in [0.3, 0.4) is 0 Å². The number of thioether (sulfide) groups is 1. The van der Waals surface area contributed by atoms with E-state index in [2.05, 4.69) is 23.8 Å². The molecule has 0 aromatic heterocycles. The molecule has 4 heteroatoms. The lowest BCUT2D eigenvalue weighted by molar-refractivity contribution is -0.146. The molecule has 18 heavy (non-hydrogen) atoms. The molecule has 0 spiro atoms. The van der Waals surface area contributed by atoms with Crippen molar-refractivity contribution in [1.82, 2.24) is 0 Å². The van der Waals surface area contributed by atoms with Crippen LogP contribution in [0, 0.1) is 6.92 Å². The first-order valence-corrected chi connectivity index (χ1v) is 7.12. The number of methoxy groups -OCH3 is 1. The number of benzene rings is 1. The summed E-state index contributed by atoms with van der Waals surface area (Å²) in [4.78, 5) is 11.4. The monoisotopic (exact) mass is 267 g/mol. The Labute approximate surface area is 113 Å². The number of ether oxygens (including phenoxy) is 1. The predicted molar refractivity (Wildman–Crippen MR) is 76.6 cm³/mol. The van der Waals surface area contributed by atoms with E-state index in [4.69, 9.17) is 5.73 Å². The van der Waals surface area contributed by atoms with Gasteiger partial charge in [0.1, 0.15) is 5.54 Å². The quantitative estimate of drug-likeness (QED) is 0.635. The molecule has 0 saturated heterocycles. The standard InChI is InChI=1S/C14H21NO2S/c1-11-6-4-5-7-12(11)10-18-9-8-14(2,15)13(16)17-3/h4-7H,8-10,15H2,1-3H3. The predicted octanol–water partition coefficient (Wildman–Crippen LogP) is 2.51. The van der Waals surface area contributed by atoms with Crippen molar-refractivity contribution in [3.05, 3.63) is 35.4 Å². The van der Waals surface area contributed by atoms with Crippen molar-refractivity contribution < 1.29 is 9.53 Å². The summed E-state index contributed by atoms with van der Waals surface area (Å²) in [5.41, 5.74) is 7.64. The molecule has 1 aromatic carbocycles. The lowest BCUT2D eigenvalue weighted by atomic mass is 10.0. The number of nitrogens with two attached hydrogens (primary N) is 1. The summed E-state index contributed by atoms with van der Waals surface area (Å²) in [6.07, 6.45) is 0.621. The minimum Gasteiger partial charge on any atom is -0.468 e. The Bertz CT molecular complexity index is 405. The van der Waals surface area contributed by atoms with E-state index >= 15 is 0 Å². The highest BCUT2D eigenvalue weighted by Gasteiger charge is 2.28. The molecule has 0 fully saturated rings. The molecule has 0 heterocycles. The second kappa shape index (κ2) is 6.81. The van der Waals surface area contributed by atoms with Gasteiger partial charge in [-0.1, -0.05) is 24.3 Å². The third kappa shape index (κ3) is 4.35. The summed E-state index contributed by atoms with van der Waals surface area (Å²) in [5, 5.41) is 0. The van der Waals surface area contributed by atoms with Crippen LogP contribution in [0.5, 0.6) is 0 Å². The van der Waals surface area contributed by atoms with E-state index in [0.29, 0.717) is 6.42 Å². The number of hydrogen-bond donors (Lipinski definition) is 1. The molecule has 0 aliphatic carbocycles. The highest BCUT2D eigenvalue weighted by Crippen LogP contribution is 2.19. The molecule has 3 nitrogen and oxygen atoms in total. The summed E-state index contributed by atoms with van der Waals surface area (Å²) in [6.45, 7) is 3.82. The first-order chi connectivity index (χ1) is 8.47. The zero-order valence-electron chi connectivity index (χ0n) is 11.2. The first kappa shape index (κ1) is 15.1. The van der Waals surface area contributed by atoms with Gasteiger partial charge in [-0.25, -0.2) is 0 Å². The molecule has 0 aliphatic heterocycles. The van der Waals surface area contributed by atoms with Gasteiger partial charge in [0.05, 0.1) is 7.11 Å². The average Bonchev–Trinajstić information content (AvgIpc) is 2.35. The number of hydrogen-bond acceptors (Lipinski definition) is 4. The van der Waals surface area contributed by atoms with Crippen molar-refractivity contribution in [2.45, 2.75) is 31.6 Å². The second-order valence-electron chi connectivity index (χ2n) is 4.64. The van der Waals surface area contributed by atoms with Crippen molar-refractivity contribution in [2.75, 3.05) is 12.9 Å². The normalized spacial score (nSPS) is 14.0. The van der Waals surface area contributed by atoms with Crippen LogP contribution in [0.2, 0.25) is 0 Å². The minimum atomic E-state index is -0.881. The number of rotatable bonds is 6. The van der Waals surface area contributed by atoms with E-state index in [1.807, 2.05) is 12.1 Å². The zero-order chi connectivity index (χ0) is 13.6. The summed E-state index contributed by atoms with van der Waals surface area (Å²) in [6, 6.07) is 8.32. The molecule has 100 valence electrons. The summed E-state index contributed by atoms with van der Waals surface area (Å²) >= 11 is 1.79. The lowest BCUT2D eigenvalue weighted by Crippen LogP contribution is -2.46. The van der Waals surface area contributed by atoms with Crippen LogP contribution in [0.4, 0.5) is 0 Å². The smallest absolute Gasteiger partial charge is 0.325 e. The van der Waals surface area contributed by atoms with E-state index in [-0.39, 0.29) is 5.97 Å². The van der Waals surface area contributed by atoms with Crippen LogP contribution in [0.1, 0.15) is 24.5 Å². The Morgan fingerprint density at radius 3 is 2.72 bits per heavy atom.